The molecule has 1 atom stereocenters. The first-order chi connectivity index (χ1) is 9.05. The average Bonchev–Trinajstić information content (AvgIpc) is 2.37. The molecule has 1 aromatic rings. The van der Waals surface area contributed by atoms with Gasteiger partial charge in [-0.15, -0.1) is 0 Å². The average molecular weight is 300 g/mol. The fourth-order valence-electron chi connectivity index (χ4n) is 1.50. The van der Waals surface area contributed by atoms with E-state index in [2.05, 4.69) is 0 Å². The summed E-state index contributed by atoms with van der Waals surface area (Å²) in [5.41, 5.74) is -2.46. The summed E-state index contributed by atoms with van der Waals surface area (Å²) in [6.07, 6.45) is -9.08. The molecule has 0 spiro atoms. The molecule has 0 heterocycles. The van der Waals surface area contributed by atoms with Crippen LogP contribution in [0.25, 0.3) is 0 Å². The standard InChI is InChI=1S/C12H12F6.C2H6/c1-3-7(2)8-4-9(11(13,14)15)6-10(5-8)12(16,17)18;1-2/h4-7H,3H2,1-2H3;1-2H3. The number of hydrogen-bond acceptors (Lipinski definition) is 0. The topological polar surface area (TPSA) is 0 Å². The van der Waals surface area contributed by atoms with Gasteiger partial charge in [-0.05, 0) is 36.1 Å². The van der Waals surface area contributed by atoms with Crippen LogP contribution in [-0.4, -0.2) is 0 Å². The van der Waals surface area contributed by atoms with Gasteiger partial charge in [0.25, 0.3) is 0 Å². The Balaban J connectivity index is 0.00000172. The lowest BCUT2D eigenvalue weighted by Crippen LogP contribution is -2.12. The van der Waals surface area contributed by atoms with Gasteiger partial charge in [0, 0.05) is 0 Å². The van der Waals surface area contributed by atoms with Gasteiger partial charge in [0.15, 0.2) is 0 Å². The minimum Gasteiger partial charge on any atom is -0.166 e. The first kappa shape index (κ1) is 18.8. The second-order valence-corrected chi connectivity index (χ2v) is 4.15. The fraction of sp³-hybridized carbons (Fsp3) is 0.571. The van der Waals surface area contributed by atoms with E-state index in [-0.39, 0.29) is 17.5 Å². The van der Waals surface area contributed by atoms with E-state index in [9.17, 15) is 26.3 Å². The minimum absolute atomic E-state index is 0.0552. The third-order valence-corrected chi connectivity index (χ3v) is 2.79. The Hall–Kier alpha value is -1.20. The molecule has 0 fully saturated rings. The Morgan fingerprint density at radius 2 is 1.20 bits per heavy atom. The number of benzene rings is 1. The van der Waals surface area contributed by atoms with Gasteiger partial charge in [-0.1, -0.05) is 27.7 Å². The molecule has 0 aromatic heterocycles. The zero-order valence-corrected chi connectivity index (χ0v) is 11.8. The summed E-state index contributed by atoms with van der Waals surface area (Å²) >= 11 is 0. The van der Waals surface area contributed by atoms with E-state index in [4.69, 9.17) is 0 Å². The summed E-state index contributed by atoms with van der Waals surface area (Å²) in [5.74, 6) is -0.353. The lowest BCUT2D eigenvalue weighted by atomic mass is 9.94. The Labute approximate surface area is 114 Å². The quantitative estimate of drug-likeness (QED) is 0.565. The molecule has 0 N–H and O–H groups in total. The van der Waals surface area contributed by atoms with Crippen LogP contribution in [0.4, 0.5) is 26.3 Å². The highest BCUT2D eigenvalue weighted by Crippen LogP contribution is 2.37. The molecule has 0 nitrogen and oxygen atoms in total. The molecule has 0 saturated carbocycles. The summed E-state index contributed by atoms with van der Waals surface area (Å²) in [6.45, 7) is 7.30. The maximum absolute atomic E-state index is 12.5. The molecule has 116 valence electrons. The van der Waals surface area contributed by atoms with Crippen LogP contribution < -0.4 is 0 Å². The van der Waals surface area contributed by atoms with Crippen molar-refractivity contribution in [2.45, 2.75) is 52.4 Å². The predicted octanol–water partition coefficient (Wildman–Crippen LogP) is 6.26. The van der Waals surface area contributed by atoms with Crippen molar-refractivity contribution in [1.29, 1.82) is 0 Å². The van der Waals surface area contributed by atoms with Gasteiger partial charge in [0.2, 0.25) is 0 Å². The number of hydrogen-bond donors (Lipinski definition) is 0. The van der Waals surface area contributed by atoms with Gasteiger partial charge in [-0.2, -0.15) is 26.3 Å². The van der Waals surface area contributed by atoms with Crippen molar-refractivity contribution in [2.75, 3.05) is 0 Å². The smallest absolute Gasteiger partial charge is 0.166 e. The first-order valence-electron chi connectivity index (χ1n) is 6.35. The molecule has 1 rings (SSSR count). The van der Waals surface area contributed by atoms with Crippen LogP contribution in [0, 0.1) is 0 Å². The summed E-state index contributed by atoms with van der Waals surface area (Å²) < 4.78 is 75.2. The van der Waals surface area contributed by atoms with E-state index < -0.39 is 23.5 Å². The summed E-state index contributed by atoms with van der Waals surface area (Å²) in [6, 6.07) is 1.71. The van der Waals surface area contributed by atoms with E-state index in [0.29, 0.717) is 6.42 Å². The maximum atomic E-state index is 12.5. The van der Waals surface area contributed by atoms with Gasteiger partial charge >= 0.3 is 12.4 Å². The van der Waals surface area contributed by atoms with E-state index in [1.165, 1.54) is 0 Å². The molecule has 0 saturated heterocycles. The highest BCUT2D eigenvalue weighted by molar-refractivity contribution is 5.35. The molecule has 0 aliphatic rings. The first-order valence-corrected chi connectivity index (χ1v) is 6.35. The van der Waals surface area contributed by atoms with Crippen molar-refractivity contribution in [2.24, 2.45) is 0 Å². The lowest BCUT2D eigenvalue weighted by Gasteiger charge is -2.16. The number of rotatable bonds is 2. The van der Waals surface area contributed by atoms with Gasteiger partial charge in [0.05, 0.1) is 11.1 Å². The summed E-state index contributed by atoms with van der Waals surface area (Å²) in [5, 5.41) is 0. The Morgan fingerprint density at radius 1 is 0.850 bits per heavy atom. The molecule has 1 unspecified atom stereocenters. The lowest BCUT2D eigenvalue weighted by molar-refractivity contribution is -0.143. The molecule has 6 heteroatoms. The number of alkyl halides is 6. The van der Waals surface area contributed by atoms with Crippen LogP contribution >= 0.6 is 0 Å². The number of halogens is 6. The van der Waals surface area contributed by atoms with Crippen LogP contribution in [0.2, 0.25) is 0 Å². The van der Waals surface area contributed by atoms with Gasteiger partial charge in [-0.25, -0.2) is 0 Å². The zero-order chi connectivity index (χ0) is 16.1. The van der Waals surface area contributed by atoms with Crippen molar-refractivity contribution in [3.05, 3.63) is 34.9 Å². The van der Waals surface area contributed by atoms with E-state index >= 15 is 0 Å². The largest absolute Gasteiger partial charge is 0.416 e. The van der Waals surface area contributed by atoms with E-state index in [1.54, 1.807) is 13.8 Å². The van der Waals surface area contributed by atoms with Crippen molar-refractivity contribution in [3.63, 3.8) is 0 Å². The Bertz CT molecular complexity index is 384. The Kier molecular flexibility index (Phi) is 6.58. The Morgan fingerprint density at radius 3 is 1.45 bits per heavy atom. The molecular formula is C14H18F6. The highest BCUT2D eigenvalue weighted by Gasteiger charge is 2.37. The van der Waals surface area contributed by atoms with Crippen LogP contribution in [0.5, 0.6) is 0 Å². The summed E-state index contributed by atoms with van der Waals surface area (Å²) in [7, 11) is 0. The van der Waals surface area contributed by atoms with Crippen LogP contribution in [0.15, 0.2) is 18.2 Å². The normalized spacial score (nSPS) is 13.5. The van der Waals surface area contributed by atoms with Crippen molar-refractivity contribution in [1.82, 2.24) is 0 Å². The van der Waals surface area contributed by atoms with Gasteiger partial charge < -0.3 is 0 Å². The van der Waals surface area contributed by atoms with Crippen molar-refractivity contribution >= 4 is 0 Å². The van der Waals surface area contributed by atoms with E-state index in [0.717, 1.165) is 12.1 Å². The molecule has 0 bridgehead atoms. The molecule has 1 aromatic carbocycles. The predicted molar refractivity (Wildman–Crippen MR) is 66.5 cm³/mol. The third kappa shape index (κ3) is 5.06. The molecule has 20 heavy (non-hydrogen) atoms. The summed E-state index contributed by atoms with van der Waals surface area (Å²) in [4.78, 5) is 0. The SMILES string of the molecule is CC.CCC(C)c1cc(C(F)(F)F)cc(C(F)(F)F)c1. The van der Waals surface area contributed by atoms with Crippen LogP contribution in [0.1, 0.15) is 56.7 Å². The van der Waals surface area contributed by atoms with Crippen molar-refractivity contribution < 1.29 is 26.3 Å². The second-order valence-electron chi connectivity index (χ2n) is 4.15. The van der Waals surface area contributed by atoms with Gasteiger partial charge in [0.1, 0.15) is 0 Å². The molecule has 0 aliphatic heterocycles. The molecule has 0 radical (unpaired) electrons. The van der Waals surface area contributed by atoms with Crippen LogP contribution in [-0.2, 0) is 12.4 Å². The monoisotopic (exact) mass is 300 g/mol. The highest BCUT2D eigenvalue weighted by atomic mass is 19.4. The van der Waals surface area contributed by atoms with Gasteiger partial charge in [-0.3, -0.25) is 0 Å². The van der Waals surface area contributed by atoms with Crippen LogP contribution in [0.3, 0.4) is 0 Å². The molecular weight excluding hydrogens is 282 g/mol. The fourth-order valence-corrected chi connectivity index (χ4v) is 1.50. The maximum Gasteiger partial charge on any atom is 0.416 e. The zero-order valence-electron chi connectivity index (χ0n) is 11.8. The van der Waals surface area contributed by atoms with E-state index in [1.807, 2.05) is 13.8 Å². The molecule has 0 aliphatic carbocycles. The van der Waals surface area contributed by atoms with Crippen molar-refractivity contribution in [3.8, 4) is 0 Å². The minimum atomic E-state index is -4.77. The molecule has 0 amide bonds. The second kappa shape index (κ2) is 6.99. The third-order valence-electron chi connectivity index (χ3n) is 2.79.